The van der Waals surface area contributed by atoms with Crippen LogP contribution in [0.2, 0.25) is 10.0 Å². The topological polar surface area (TPSA) is 96.0 Å². The lowest BCUT2D eigenvalue weighted by atomic mass is 9.97. The Hall–Kier alpha value is -2.63. The first kappa shape index (κ1) is 32.9. The number of halogens is 3. The summed E-state index contributed by atoms with van der Waals surface area (Å²) in [5.74, 6) is -0.112. The summed E-state index contributed by atoms with van der Waals surface area (Å²) >= 11 is 15.9. The van der Waals surface area contributed by atoms with Gasteiger partial charge in [-0.2, -0.15) is 0 Å². The summed E-state index contributed by atoms with van der Waals surface area (Å²) in [5.41, 5.74) is 0.700. The lowest BCUT2D eigenvalue weighted by Crippen LogP contribution is -2.50. The number of nitrogens with zero attached hydrogens (tertiary/aromatic N) is 2. The zero-order chi connectivity index (χ0) is 30.5. The second-order valence-electron chi connectivity index (χ2n) is 9.77. The third-order valence-corrected chi connectivity index (χ3v) is 9.43. The molecule has 3 aromatic rings. The Morgan fingerprint density at radius 1 is 1.02 bits per heavy atom. The molecule has 0 aliphatic heterocycles. The van der Waals surface area contributed by atoms with Crippen molar-refractivity contribution in [1.29, 1.82) is 0 Å². The number of carbonyl (C=O) groups excluding carboxylic acids is 2. The number of hydrogen-bond donors (Lipinski definition) is 1. The minimum Gasteiger partial charge on any atom is -0.457 e. The van der Waals surface area contributed by atoms with E-state index in [4.69, 9.17) is 27.9 Å². The minimum atomic E-state index is -3.80. The van der Waals surface area contributed by atoms with Crippen molar-refractivity contribution in [2.24, 2.45) is 5.92 Å². The third-order valence-electron chi connectivity index (χ3n) is 6.56. The normalized spacial score (nSPS) is 13.0. The van der Waals surface area contributed by atoms with Crippen molar-refractivity contribution in [3.63, 3.8) is 0 Å². The van der Waals surface area contributed by atoms with Crippen molar-refractivity contribution in [3.8, 4) is 11.5 Å². The molecule has 0 saturated carbocycles. The van der Waals surface area contributed by atoms with Crippen LogP contribution in [0.1, 0.15) is 36.2 Å². The summed E-state index contributed by atoms with van der Waals surface area (Å²) < 4.78 is 33.2. The molecule has 0 heterocycles. The number of amides is 2. The van der Waals surface area contributed by atoms with Crippen LogP contribution in [0, 0.1) is 5.92 Å². The Morgan fingerprint density at radius 2 is 1.73 bits per heavy atom. The molecular formula is C29H32BrCl2N3O5S. The van der Waals surface area contributed by atoms with Crippen LogP contribution in [0.25, 0.3) is 0 Å². The lowest BCUT2D eigenvalue weighted by molar-refractivity contribution is -0.133. The molecule has 1 N–H and O–H groups in total. The van der Waals surface area contributed by atoms with Crippen LogP contribution >= 0.6 is 39.1 Å². The number of likely N-dealkylation sites (N-methyl/N-ethyl adjacent to an activating group) is 1. The first-order valence-electron chi connectivity index (χ1n) is 12.7. The molecule has 0 aliphatic rings. The zero-order valence-corrected chi connectivity index (χ0v) is 27.2. The van der Waals surface area contributed by atoms with Gasteiger partial charge in [-0.15, -0.1) is 0 Å². The number of carbonyl (C=O) groups is 2. The second-order valence-corrected chi connectivity index (χ2v) is 13.7. The van der Waals surface area contributed by atoms with Gasteiger partial charge in [0.2, 0.25) is 15.9 Å². The van der Waals surface area contributed by atoms with E-state index in [9.17, 15) is 18.0 Å². The average molecular weight is 685 g/mol. The van der Waals surface area contributed by atoms with Gasteiger partial charge in [0.1, 0.15) is 17.5 Å². The van der Waals surface area contributed by atoms with E-state index in [0.29, 0.717) is 22.9 Å². The summed E-state index contributed by atoms with van der Waals surface area (Å²) in [6.07, 6.45) is 0.606. The van der Waals surface area contributed by atoms with E-state index in [1.165, 1.54) is 37.2 Å². The van der Waals surface area contributed by atoms with Gasteiger partial charge >= 0.3 is 0 Å². The van der Waals surface area contributed by atoms with E-state index in [1.54, 1.807) is 37.4 Å². The highest BCUT2D eigenvalue weighted by atomic mass is 79.9. The maximum absolute atomic E-state index is 13.7. The van der Waals surface area contributed by atoms with E-state index in [0.717, 1.165) is 14.3 Å². The largest absolute Gasteiger partial charge is 0.457 e. The highest BCUT2D eigenvalue weighted by Crippen LogP contribution is 2.31. The van der Waals surface area contributed by atoms with Gasteiger partial charge in [0.25, 0.3) is 5.91 Å². The molecule has 0 saturated heterocycles. The number of sulfonamides is 1. The first-order valence-corrected chi connectivity index (χ1v) is 15.7. The Balaban J connectivity index is 1.86. The summed E-state index contributed by atoms with van der Waals surface area (Å²) in [6.45, 7) is 3.97. The smallest absolute Gasteiger partial charge is 0.253 e. The molecule has 220 valence electrons. The Morgan fingerprint density at radius 3 is 2.37 bits per heavy atom. The van der Waals surface area contributed by atoms with E-state index >= 15 is 0 Å². The van der Waals surface area contributed by atoms with Crippen LogP contribution in [0.15, 0.2) is 70.0 Å². The number of rotatable bonds is 11. The molecule has 0 radical (unpaired) electrons. The van der Waals surface area contributed by atoms with E-state index in [2.05, 4.69) is 21.2 Å². The molecule has 2 atom stereocenters. The molecule has 8 nitrogen and oxygen atoms in total. The Kier molecular flexibility index (Phi) is 11.2. The predicted octanol–water partition coefficient (Wildman–Crippen LogP) is 6.60. The molecule has 0 fully saturated rings. The molecule has 41 heavy (non-hydrogen) atoms. The SMILES string of the molecule is CCC(C)C(NC(=O)c1cc(S(=O)(=O)N(C)C)ccc1Cl)C(=O)N(C)Cc1ccc(Br)cc1Oc1cccc(Cl)c1. The van der Waals surface area contributed by atoms with Crippen LogP contribution in [-0.2, 0) is 21.4 Å². The summed E-state index contributed by atoms with van der Waals surface area (Å²) in [5, 5.41) is 3.39. The molecule has 2 unspecified atom stereocenters. The number of nitrogens with one attached hydrogen (secondary N) is 1. The maximum atomic E-state index is 13.7. The fraction of sp³-hybridized carbons (Fsp3) is 0.310. The molecule has 0 bridgehead atoms. The lowest BCUT2D eigenvalue weighted by Gasteiger charge is -2.29. The number of benzene rings is 3. The van der Waals surface area contributed by atoms with E-state index in [-0.39, 0.29) is 33.9 Å². The molecule has 0 aromatic heterocycles. The van der Waals surface area contributed by atoms with E-state index in [1.807, 2.05) is 26.0 Å². The van der Waals surface area contributed by atoms with Gasteiger partial charge in [-0.05, 0) is 54.4 Å². The highest BCUT2D eigenvalue weighted by molar-refractivity contribution is 9.10. The van der Waals surface area contributed by atoms with Crippen LogP contribution in [0.3, 0.4) is 0 Å². The molecule has 3 aromatic carbocycles. The molecule has 2 amide bonds. The van der Waals surface area contributed by atoms with Gasteiger partial charge in [-0.25, -0.2) is 12.7 Å². The van der Waals surface area contributed by atoms with Crippen molar-refractivity contribution >= 4 is 61.0 Å². The Labute approximate surface area is 259 Å². The van der Waals surface area contributed by atoms with Gasteiger partial charge in [-0.3, -0.25) is 9.59 Å². The fourth-order valence-corrected chi connectivity index (χ4v) is 5.59. The highest BCUT2D eigenvalue weighted by Gasteiger charge is 2.30. The van der Waals surface area contributed by atoms with Gasteiger partial charge < -0.3 is 15.0 Å². The predicted molar refractivity (Wildman–Crippen MR) is 165 cm³/mol. The van der Waals surface area contributed by atoms with Crippen LogP contribution in [0.5, 0.6) is 11.5 Å². The van der Waals surface area contributed by atoms with Gasteiger partial charge in [0, 0.05) is 42.7 Å². The summed E-state index contributed by atoms with van der Waals surface area (Å²) in [6, 6.07) is 15.5. The van der Waals surface area contributed by atoms with Gasteiger partial charge in [0.05, 0.1) is 15.5 Å². The maximum Gasteiger partial charge on any atom is 0.253 e. The van der Waals surface area contributed by atoms with Crippen molar-refractivity contribution < 1.29 is 22.7 Å². The Bertz CT molecular complexity index is 1530. The molecule has 3 rings (SSSR count). The summed E-state index contributed by atoms with van der Waals surface area (Å²) in [7, 11) is 0.640. The monoisotopic (exact) mass is 683 g/mol. The minimum absolute atomic E-state index is 0.0385. The molecule has 0 spiro atoms. The van der Waals surface area contributed by atoms with Gasteiger partial charge in [0.15, 0.2) is 0 Å². The zero-order valence-electron chi connectivity index (χ0n) is 23.3. The quantitative estimate of drug-likeness (QED) is 0.246. The van der Waals surface area contributed by atoms with Crippen LogP contribution < -0.4 is 10.1 Å². The fourth-order valence-electron chi connectivity index (χ4n) is 3.93. The number of ether oxygens (including phenoxy) is 1. The number of hydrogen-bond acceptors (Lipinski definition) is 5. The molecule has 12 heteroatoms. The van der Waals surface area contributed by atoms with Gasteiger partial charge in [-0.1, -0.05) is 71.5 Å². The van der Waals surface area contributed by atoms with Crippen LogP contribution in [0.4, 0.5) is 0 Å². The van der Waals surface area contributed by atoms with Crippen molar-refractivity contribution in [3.05, 3.63) is 86.3 Å². The standard InChI is InChI=1S/C29H32BrCl2N3O5S/c1-6-18(2)27(33-28(36)24-16-23(12-13-25(24)32)41(38,39)34(3)4)29(37)35(5)17-19-10-11-20(30)14-26(19)40-22-9-7-8-21(31)15-22/h7-16,18,27H,6,17H2,1-5H3,(H,33,36). The average Bonchev–Trinajstić information content (AvgIpc) is 2.92. The van der Waals surface area contributed by atoms with Crippen molar-refractivity contribution in [2.75, 3.05) is 21.1 Å². The summed E-state index contributed by atoms with van der Waals surface area (Å²) in [4.78, 5) is 28.5. The first-order chi connectivity index (χ1) is 19.2. The van der Waals surface area contributed by atoms with Crippen LogP contribution in [-0.4, -0.2) is 56.6 Å². The third kappa shape index (κ3) is 8.23. The molecular weight excluding hydrogens is 653 g/mol. The molecule has 0 aliphatic carbocycles. The van der Waals surface area contributed by atoms with Crippen molar-refractivity contribution in [1.82, 2.24) is 14.5 Å². The second kappa shape index (κ2) is 14.0. The van der Waals surface area contributed by atoms with Crippen molar-refractivity contribution in [2.45, 2.75) is 37.8 Å². The van der Waals surface area contributed by atoms with E-state index < -0.39 is 22.0 Å².